The van der Waals surface area contributed by atoms with Gasteiger partial charge in [-0.2, -0.15) is 4.39 Å². The van der Waals surface area contributed by atoms with E-state index in [9.17, 15) is 24.6 Å². The van der Waals surface area contributed by atoms with Crippen LogP contribution in [0.4, 0.5) is 21.5 Å². The van der Waals surface area contributed by atoms with Gasteiger partial charge in [-0.25, -0.2) is 0 Å². The van der Waals surface area contributed by atoms with Crippen molar-refractivity contribution >= 4 is 17.1 Å². The normalized spacial score (nSPS) is 10.1. The molecule has 0 aliphatic heterocycles. The molecule has 0 aliphatic carbocycles. The molecule has 0 spiro atoms. The van der Waals surface area contributed by atoms with Gasteiger partial charge in [-0.3, -0.25) is 40.2 Å². The Labute approximate surface area is 283 Å². The van der Waals surface area contributed by atoms with Gasteiger partial charge in [0.1, 0.15) is 5.69 Å². The summed E-state index contributed by atoms with van der Waals surface area (Å²) in [7, 11) is 0. The zero-order valence-electron chi connectivity index (χ0n) is 26.5. The number of benzene rings is 2. The smallest absolute Gasteiger partial charge is 0.304 e. The number of rotatable bonds is 11. The maximum absolute atomic E-state index is 12.4. The van der Waals surface area contributed by atoms with Crippen molar-refractivity contribution in [1.29, 1.82) is 0 Å². The standard InChI is InChI=1S/C18H16N4O2.C13H14N2.C6H4FNO2/c23-22(24)18-10-2-1-9-17(18)21(13-15-7-3-5-11-19-15)14-16-8-4-6-12-20-16;1-3-10-14-12(6-1)8-5-9-13-7-2-4-11-15-13;7-5-3-1-2-4-6(5)8(9)10/h1-12H,13-14H2;1-4,6-7,10-11H,5,8-9H2;1-4H. The van der Waals surface area contributed by atoms with E-state index in [-0.39, 0.29) is 10.6 Å². The third-order valence-electron chi connectivity index (χ3n) is 6.94. The summed E-state index contributed by atoms with van der Waals surface area (Å²) in [6, 6.07) is 35.1. The van der Waals surface area contributed by atoms with Gasteiger partial charge in [-0.1, -0.05) is 48.5 Å². The minimum Gasteiger partial charge on any atom is -0.354 e. The van der Waals surface area contributed by atoms with Gasteiger partial charge in [0.05, 0.1) is 34.3 Å². The number of halogens is 1. The highest BCUT2D eigenvalue weighted by molar-refractivity contribution is 5.63. The highest BCUT2D eigenvalue weighted by Gasteiger charge is 2.20. The molecule has 0 atom stereocenters. The molecule has 248 valence electrons. The lowest BCUT2D eigenvalue weighted by atomic mass is 10.1. The van der Waals surface area contributed by atoms with Crippen molar-refractivity contribution in [1.82, 2.24) is 19.9 Å². The van der Waals surface area contributed by atoms with Crippen molar-refractivity contribution in [2.45, 2.75) is 32.4 Å². The summed E-state index contributed by atoms with van der Waals surface area (Å²) in [6.45, 7) is 0.921. The lowest BCUT2D eigenvalue weighted by Crippen LogP contribution is -2.24. The molecule has 0 saturated carbocycles. The van der Waals surface area contributed by atoms with E-state index >= 15 is 0 Å². The zero-order valence-corrected chi connectivity index (χ0v) is 26.5. The molecule has 49 heavy (non-hydrogen) atoms. The van der Waals surface area contributed by atoms with Crippen LogP contribution in [0.5, 0.6) is 0 Å². The molecule has 2 aromatic carbocycles. The van der Waals surface area contributed by atoms with Crippen molar-refractivity contribution in [3.8, 4) is 0 Å². The number of aryl methyl sites for hydroxylation is 2. The van der Waals surface area contributed by atoms with Gasteiger partial charge in [0.25, 0.3) is 5.69 Å². The molecule has 4 aromatic heterocycles. The van der Waals surface area contributed by atoms with Crippen LogP contribution in [0.3, 0.4) is 0 Å². The topological polar surface area (TPSA) is 141 Å². The molecule has 11 nitrogen and oxygen atoms in total. The Morgan fingerprint density at radius 2 is 0.898 bits per heavy atom. The lowest BCUT2D eigenvalue weighted by molar-refractivity contribution is -0.387. The van der Waals surface area contributed by atoms with Crippen LogP contribution in [0.1, 0.15) is 29.2 Å². The second kappa shape index (κ2) is 19.3. The first-order chi connectivity index (χ1) is 23.9. The number of nitro groups is 2. The SMILES string of the molecule is O=[N+]([O-])c1ccccc1F.O=[N+]([O-])c1ccccc1N(Cc1ccccn1)Cc1ccccn1.c1ccc(CCCc2ccccn2)nc1. The summed E-state index contributed by atoms with van der Waals surface area (Å²) >= 11 is 0. The van der Waals surface area contributed by atoms with E-state index in [2.05, 4.69) is 32.1 Å². The van der Waals surface area contributed by atoms with Crippen molar-refractivity contribution in [2.24, 2.45) is 0 Å². The number of para-hydroxylation sites is 3. The van der Waals surface area contributed by atoms with Crippen molar-refractivity contribution < 1.29 is 14.2 Å². The van der Waals surface area contributed by atoms with Crippen LogP contribution in [-0.2, 0) is 25.9 Å². The highest BCUT2D eigenvalue weighted by Crippen LogP contribution is 2.29. The molecule has 4 heterocycles. The van der Waals surface area contributed by atoms with Crippen LogP contribution in [0.15, 0.2) is 146 Å². The molecule has 6 rings (SSSR count). The summed E-state index contributed by atoms with van der Waals surface area (Å²) in [5.41, 5.74) is 4.14. The fourth-order valence-electron chi connectivity index (χ4n) is 4.63. The van der Waals surface area contributed by atoms with Gasteiger partial charge in [-0.05, 0) is 79.9 Å². The van der Waals surface area contributed by atoms with E-state index in [0.717, 1.165) is 54.2 Å². The first-order valence-corrected chi connectivity index (χ1v) is 15.4. The van der Waals surface area contributed by atoms with E-state index < -0.39 is 16.4 Å². The number of nitrogens with zero attached hydrogens (tertiary/aromatic N) is 7. The summed E-state index contributed by atoms with van der Waals surface area (Å²) in [6.07, 6.45) is 10.3. The number of nitro benzene ring substituents is 2. The van der Waals surface area contributed by atoms with Gasteiger partial charge >= 0.3 is 5.69 Å². The average Bonchev–Trinajstić information content (AvgIpc) is 3.14. The Balaban J connectivity index is 0.000000184. The van der Waals surface area contributed by atoms with E-state index in [0.29, 0.717) is 18.8 Å². The molecular formula is C37H34FN7O4. The predicted octanol–water partition coefficient (Wildman–Crippen LogP) is 7.98. The summed E-state index contributed by atoms with van der Waals surface area (Å²) in [5, 5.41) is 21.4. The molecular weight excluding hydrogens is 625 g/mol. The monoisotopic (exact) mass is 659 g/mol. The Kier molecular flexibility index (Phi) is 13.9. The number of pyridine rings is 4. The van der Waals surface area contributed by atoms with Crippen LogP contribution >= 0.6 is 0 Å². The molecule has 0 unspecified atom stereocenters. The van der Waals surface area contributed by atoms with Gasteiger partial charge in [-0.15, -0.1) is 0 Å². The molecule has 0 N–H and O–H groups in total. The van der Waals surface area contributed by atoms with Crippen LogP contribution < -0.4 is 4.90 Å². The Morgan fingerprint density at radius 1 is 0.510 bits per heavy atom. The molecule has 0 amide bonds. The van der Waals surface area contributed by atoms with E-state index in [1.165, 1.54) is 18.2 Å². The molecule has 0 aliphatic rings. The van der Waals surface area contributed by atoms with E-state index in [1.807, 2.05) is 78.0 Å². The summed E-state index contributed by atoms with van der Waals surface area (Å²) in [4.78, 5) is 39.4. The Bertz CT molecular complexity index is 1790. The van der Waals surface area contributed by atoms with Gasteiger partial charge in [0, 0.05) is 48.3 Å². The van der Waals surface area contributed by atoms with Gasteiger partial charge < -0.3 is 4.90 Å². The Hall–Kier alpha value is -6.43. The average molecular weight is 660 g/mol. The fourth-order valence-corrected chi connectivity index (χ4v) is 4.63. The van der Waals surface area contributed by atoms with Crippen LogP contribution in [-0.4, -0.2) is 29.8 Å². The highest BCUT2D eigenvalue weighted by atomic mass is 19.1. The summed E-state index contributed by atoms with van der Waals surface area (Å²) < 4.78 is 12.4. The lowest BCUT2D eigenvalue weighted by Gasteiger charge is -2.24. The van der Waals surface area contributed by atoms with Crippen LogP contribution in [0.25, 0.3) is 0 Å². The largest absolute Gasteiger partial charge is 0.354 e. The zero-order chi connectivity index (χ0) is 34.7. The number of aromatic nitrogens is 4. The Morgan fingerprint density at radius 3 is 1.29 bits per heavy atom. The first kappa shape index (κ1) is 35.4. The molecule has 0 radical (unpaired) electrons. The molecule has 12 heteroatoms. The maximum Gasteiger partial charge on any atom is 0.304 e. The second-order valence-electron chi connectivity index (χ2n) is 10.4. The predicted molar refractivity (Wildman–Crippen MR) is 185 cm³/mol. The third kappa shape index (κ3) is 12.0. The van der Waals surface area contributed by atoms with E-state index in [4.69, 9.17) is 0 Å². The van der Waals surface area contributed by atoms with Crippen LogP contribution in [0, 0.1) is 26.0 Å². The number of hydrogen-bond acceptors (Lipinski definition) is 9. The van der Waals surface area contributed by atoms with Crippen molar-refractivity contribution in [3.63, 3.8) is 0 Å². The molecule has 0 fully saturated rings. The number of anilines is 1. The van der Waals surface area contributed by atoms with E-state index in [1.54, 1.807) is 30.6 Å². The second-order valence-corrected chi connectivity index (χ2v) is 10.4. The molecule has 6 aromatic rings. The quantitative estimate of drug-likeness (QED) is 0.0999. The van der Waals surface area contributed by atoms with Crippen molar-refractivity contribution in [3.05, 3.63) is 195 Å². The summed E-state index contributed by atoms with van der Waals surface area (Å²) in [5.74, 6) is -0.799. The third-order valence-corrected chi connectivity index (χ3v) is 6.94. The van der Waals surface area contributed by atoms with Crippen LogP contribution in [0.2, 0.25) is 0 Å². The minimum atomic E-state index is -0.799. The first-order valence-electron chi connectivity index (χ1n) is 15.4. The maximum atomic E-state index is 12.4. The molecule has 0 bridgehead atoms. The minimum absolute atomic E-state index is 0.0735. The number of hydrogen-bond donors (Lipinski definition) is 0. The van der Waals surface area contributed by atoms with Gasteiger partial charge in [0.2, 0.25) is 5.82 Å². The molecule has 0 saturated heterocycles. The van der Waals surface area contributed by atoms with Crippen molar-refractivity contribution in [2.75, 3.05) is 4.90 Å². The van der Waals surface area contributed by atoms with Gasteiger partial charge in [0.15, 0.2) is 0 Å². The fraction of sp³-hybridized carbons (Fsp3) is 0.135.